The van der Waals surface area contributed by atoms with Crippen molar-refractivity contribution in [3.8, 4) is 5.75 Å². The highest BCUT2D eigenvalue weighted by atomic mass is 16.4. The molecule has 3 rings (SSSR count). The van der Waals surface area contributed by atoms with E-state index < -0.39 is 193 Å². The highest BCUT2D eigenvalue weighted by Gasteiger charge is 2.41. The molecule has 1 fully saturated rings. The zero-order valence-corrected chi connectivity index (χ0v) is 63.3. The quantitative estimate of drug-likeness (QED) is 0.0166. The molecule has 0 aromatic heterocycles. The lowest BCUT2D eigenvalue weighted by Crippen LogP contribution is -2.61. The van der Waals surface area contributed by atoms with Crippen molar-refractivity contribution in [1.82, 2.24) is 58.1 Å². The number of likely N-dealkylation sites (tertiary alicyclic amines) is 1. The summed E-state index contributed by atoms with van der Waals surface area (Å²) in [6, 6.07) is -4.70. The molecule has 12 unspecified atom stereocenters. The first-order valence-corrected chi connectivity index (χ1v) is 37.0. The highest BCUT2D eigenvalue weighted by Crippen LogP contribution is 2.22. The molecular formula is C70H115N25O17. The lowest BCUT2D eigenvalue weighted by Gasteiger charge is -2.31. The van der Waals surface area contributed by atoms with Crippen LogP contribution in [-0.2, 0) is 80.0 Å². The molecular weight excluding hydrogens is 1460 g/mol. The SMILES string of the molecule is CC(C)C(NC(=O)C(CC(N)=O)NC(=O)C(CO)NC(=O)C(Cc1ccc(O)cc1)NC(=O)C(CCCN=C(N)N)NC(=O)C(CCCN=C(N)N)NC(=O)C(CCC(N)=O)NC(=O)C1CCCN1C(=O)C(CCCN=C(N)N)NC(=O)C(CCCCN)NC(=O)C(N)CCCCN)C(=O)NC(Cc1ccccc1)C(=O)O. The van der Waals surface area contributed by atoms with Crippen molar-refractivity contribution in [2.75, 3.05) is 45.9 Å². The number of phenols is 1. The molecule has 1 aliphatic heterocycles. The number of carbonyl (C=O) groups is 14. The number of aliphatic hydroxyl groups is 1. The number of amides is 13. The average Bonchev–Trinajstić information content (AvgIpc) is 1.64. The molecule has 0 saturated carbocycles. The third-order valence-electron chi connectivity index (χ3n) is 17.8. The summed E-state index contributed by atoms with van der Waals surface area (Å²) in [5.41, 5.74) is 63.0. The molecule has 35 N–H and O–H groups in total. The summed E-state index contributed by atoms with van der Waals surface area (Å²) in [5, 5.41) is 55.8. The van der Waals surface area contributed by atoms with E-state index in [0.717, 1.165) is 0 Å². The molecule has 2 aromatic carbocycles. The fourth-order valence-corrected chi connectivity index (χ4v) is 11.7. The standard InChI is InChI=1S/C70H115N25O17/c1-38(2)55(65(109)92-50(67(111)112)35-39-14-4-3-5-15-39)94-62(106)49(36-54(75)99)91-63(107)51(37-96)93-61(105)48(34-40-22-24-41(97)25-23-40)90-59(103)45(19-11-31-83-69(78)79)86-57(101)44(18-10-30-82-68(76)77)87-60(104)46(26-27-53(74)98)88-64(108)52-21-13-33-95(52)66(110)47(20-12-32-84-70(80)81)89-58(102)43(17-7-9-29-72)85-56(100)42(73)16-6-8-28-71/h3-5,14-15,22-25,38,42-52,55,96-97H,6-13,16-21,26-37,71-73H2,1-2H3,(H2,74,98)(H2,75,99)(H,85,100)(H,86,101)(H,87,104)(H,88,108)(H,89,102)(H,90,103)(H,91,107)(H,92,109)(H,93,105)(H,94,106)(H,111,112)(H4,76,77,82)(H4,78,79,83)(H4,80,81,84). The average molecular weight is 1580 g/mol. The summed E-state index contributed by atoms with van der Waals surface area (Å²) in [5.74, 6) is -16.1. The number of phenolic OH excluding ortho intramolecular Hbond substituents is 1. The van der Waals surface area contributed by atoms with Crippen LogP contribution >= 0.6 is 0 Å². The Balaban J connectivity index is 2.03. The number of carboxylic acid groups (broad SMARTS) is 1. The smallest absolute Gasteiger partial charge is 0.326 e. The van der Waals surface area contributed by atoms with Crippen LogP contribution in [0, 0.1) is 5.92 Å². The minimum absolute atomic E-state index is 0.0193. The van der Waals surface area contributed by atoms with Crippen LogP contribution in [0.5, 0.6) is 5.75 Å². The van der Waals surface area contributed by atoms with E-state index in [1.807, 2.05) is 0 Å². The number of benzene rings is 2. The van der Waals surface area contributed by atoms with Gasteiger partial charge in [0.05, 0.1) is 19.1 Å². The zero-order chi connectivity index (χ0) is 83.6. The van der Waals surface area contributed by atoms with Crippen molar-refractivity contribution in [3.63, 3.8) is 0 Å². The molecule has 622 valence electrons. The van der Waals surface area contributed by atoms with Gasteiger partial charge in [-0.3, -0.25) is 77.3 Å². The molecule has 112 heavy (non-hydrogen) atoms. The van der Waals surface area contributed by atoms with Gasteiger partial charge in [-0.05, 0) is 132 Å². The van der Waals surface area contributed by atoms with Crippen molar-refractivity contribution in [1.29, 1.82) is 0 Å². The first-order valence-electron chi connectivity index (χ1n) is 37.0. The van der Waals surface area contributed by atoms with Crippen LogP contribution in [0.4, 0.5) is 0 Å². The summed E-state index contributed by atoms with van der Waals surface area (Å²) in [7, 11) is 0. The molecule has 1 aliphatic rings. The summed E-state index contributed by atoms with van der Waals surface area (Å²) in [4.78, 5) is 208. The number of nitrogens with two attached hydrogens (primary N) is 11. The molecule has 1 heterocycles. The van der Waals surface area contributed by atoms with Gasteiger partial charge in [-0.1, -0.05) is 62.7 Å². The van der Waals surface area contributed by atoms with Gasteiger partial charge < -0.3 is 136 Å². The molecule has 42 nitrogen and oxygen atoms in total. The molecule has 0 spiro atoms. The highest BCUT2D eigenvalue weighted by molar-refractivity contribution is 6.00. The number of aliphatic carboxylic acids is 1. The van der Waals surface area contributed by atoms with Crippen LogP contribution in [0.15, 0.2) is 69.6 Å². The Bertz CT molecular complexity index is 3540. The molecule has 0 radical (unpaired) electrons. The van der Waals surface area contributed by atoms with E-state index in [4.69, 9.17) is 63.1 Å². The first-order chi connectivity index (χ1) is 53.1. The Labute approximate surface area is 648 Å². The van der Waals surface area contributed by atoms with Crippen LogP contribution < -0.4 is 116 Å². The largest absolute Gasteiger partial charge is 0.508 e. The van der Waals surface area contributed by atoms with Gasteiger partial charge in [0.2, 0.25) is 76.8 Å². The van der Waals surface area contributed by atoms with Crippen LogP contribution in [0.3, 0.4) is 0 Å². The number of carboxylic acids is 1. The Morgan fingerprint density at radius 1 is 0.455 bits per heavy atom. The van der Waals surface area contributed by atoms with Crippen molar-refractivity contribution < 1.29 is 82.4 Å². The number of rotatable bonds is 53. The van der Waals surface area contributed by atoms with Crippen molar-refractivity contribution in [3.05, 3.63) is 65.7 Å². The Hall–Kier alpha value is -11.5. The van der Waals surface area contributed by atoms with Crippen LogP contribution in [0.25, 0.3) is 0 Å². The Morgan fingerprint density at radius 2 is 0.866 bits per heavy atom. The molecule has 1 saturated heterocycles. The third-order valence-corrected chi connectivity index (χ3v) is 17.8. The first kappa shape index (κ1) is 94.7. The van der Waals surface area contributed by atoms with Gasteiger partial charge in [-0.25, -0.2) is 4.79 Å². The van der Waals surface area contributed by atoms with E-state index in [-0.39, 0.29) is 133 Å². The van der Waals surface area contributed by atoms with Gasteiger partial charge in [-0.15, -0.1) is 0 Å². The number of aromatic hydroxyl groups is 1. The normalized spacial score (nSPS) is 15.3. The van der Waals surface area contributed by atoms with E-state index in [1.165, 1.54) is 43.0 Å². The summed E-state index contributed by atoms with van der Waals surface area (Å²) in [6.45, 7) is 2.26. The minimum Gasteiger partial charge on any atom is -0.508 e. The summed E-state index contributed by atoms with van der Waals surface area (Å²) in [6.07, 6.45) is -0.332. The van der Waals surface area contributed by atoms with Gasteiger partial charge in [0.25, 0.3) is 0 Å². The number of carbonyl (C=O) groups excluding carboxylic acids is 13. The van der Waals surface area contributed by atoms with Crippen molar-refractivity contribution in [2.45, 2.75) is 208 Å². The van der Waals surface area contributed by atoms with Gasteiger partial charge in [0.15, 0.2) is 17.9 Å². The molecule has 13 amide bonds. The van der Waals surface area contributed by atoms with Crippen LogP contribution in [0.1, 0.15) is 134 Å². The molecule has 2 aromatic rings. The number of aliphatic hydroxyl groups excluding tert-OH is 1. The number of hydrogen-bond donors (Lipinski definition) is 24. The van der Waals surface area contributed by atoms with E-state index in [2.05, 4.69) is 68.1 Å². The zero-order valence-electron chi connectivity index (χ0n) is 63.3. The second-order valence-electron chi connectivity index (χ2n) is 27.2. The number of hydrogen-bond acceptors (Lipinski definition) is 22. The van der Waals surface area contributed by atoms with Gasteiger partial charge >= 0.3 is 5.97 Å². The van der Waals surface area contributed by atoms with Crippen molar-refractivity contribution >= 4 is 101 Å². The molecule has 12 atom stereocenters. The monoisotopic (exact) mass is 1580 g/mol. The van der Waals surface area contributed by atoms with E-state index >= 15 is 0 Å². The minimum atomic E-state index is -1.98. The summed E-state index contributed by atoms with van der Waals surface area (Å²) < 4.78 is 0. The van der Waals surface area contributed by atoms with E-state index in [0.29, 0.717) is 37.8 Å². The fraction of sp³-hybridized carbons (Fsp3) is 0.586. The maximum atomic E-state index is 14.8. The Kier molecular flexibility index (Phi) is 42.5. The predicted octanol–water partition coefficient (Wildman–Crippen LogP) is -8.36. The van der Waals surface area contributed by atoms with Crippen LogP contribution in [0.2, 0.25) is 0 Å². The molecule has 0 bridgehead atoms. The predicted molar refractivity (Wildman–Crippen MR) is 411 cm³/mol. The summed E-state index contributed by atoms with van der Waals surface area (Å²) >= 11 is 0. The number of nitrogens with one attached hydrogen (secondary N) is 10. The lowest BCUT2D eigenvalue weighted by molar-refractivity contribution is -0.143. The number of aliphatic imine (C=N–C) groups is 3. The topological polar surface area (TPSA) is 747 Å². The maximum absolute atomic E-state index is 14.8. The Morgan fingerprint density at radius 3 is 1.35 bits per heavy atom. The molecule has 0 aliphatic carbocycles. The van der Waals surface area contributed by atoms with Gasteiger partial charge in [0, 0.05) is 45.4 Å². The van der Waals surface area contributed by atoms with Crippen LogP contribution in [-0.4, -0.2) is 239 Å². The number of primary amides is 2. The lowest BCUT2D eigenvalue weighted by atomic mass is 10.0. The number of unbranched alkanes of at least 4 members (excludes halogenated alkanes) is 2. The second-order valence-corrected chi connectivity index (χ2v) is 27.2. The number of nitrogens with zero attached hydrogens (tertiary/aromatic N) is 4. The fourth-order valence-electron chi connectivity index (χ4n) is 11.7. The number of guanidine groups is 3. The maximum Gasteiger partial charge on any atom is 0.326 e. The molecule has 42 heteroatoms. The van der Waals surface area contributed by atoms with E-state index in [1.54, 1.807) is 30.3 Å². The van der Waals surface area contributed by atoms with Gasteiger partial charge in [-0.2, -0.15) is 0 Å². The van der Waals surface area contributed by atoms with Crippen molar-refractivity contribution in [2.24, 2.45) is 84.0 Å². The van der Waals surface area contributed by atoms with Gasteiger partial charge in [0.1, 0.15) is 72.2 Å². The second kappa shape index (κ2) is 50.3. The van der Waals surface area contributed by atoms with E-state index in [9.17, 15) is 82.4 Å². The third kappa shape index (κ3) is 35.4.